The Morgan fingerprint density at radius 1 is 1.24 bits per heavy atom. The molecule has 0 heterocycles. The summed E-state index contributed by atoms with van der Waals surface area (Å²) in [5.41, 5.74) is 0.691. The van der Waals surface area contributed by atoms with Gasteiger partial charge >= 0.3 is 0 Å². The van der Waals surface area contributed by atoms with Crippen LogP contribution in [0.5, 0.6) is 0 Å². The molecule has 17 heavy (non-hydrogen) atoms. The summed E-state index contributed by atoms with van der Waals surface area (Å²) < 4.78 is 13.5. The molecule has 3 atom stereocenters. The molecule has 2 nitrogen and oxygen atoms in total. The topological polar surface area (TPSA) is 32.3 Å². The zero-order valence-electron chi connectivity index (χ0n) is 10.8. The van der Waals surface area contributed by atoms with E-state index in [1.807, 2.05) is 13.0 Å². The minimum atomic E-state index is -0.282. The van der Waals surface area contributed by atoms with Gasteiger partial charge in [0.05, 0.1) is 6.10 Å². The number of hydrogen-bond donors (Lipinski definition) is 2. The smallest absolute Gasteiger partial charge is 0.127 e. The first kappa shape index (κ1) is 14.1. The Kier molecular flexibility index (Phi) is 5.59. The fraction of sp³-hybridized carbons (Fsp3) is 0.571. The maximum absolute atomic E-state index is 13.5. The van der Waals surface area contributed by atoms with Gasteiger partial charge < -0.3 is 10.4 Å². The van der Waals surface area contributed by atoms with Crippen LogP contribution in [0.3, 0.4) is 0 Å². The standard InChI is InChI=1S/C14H22FNO/c1-10(8-11(2)17)9-16-12(3)13-6-4-5-7-14(13)15/h4-7,10-12,16-17H,8-9H2,1-3H3. The summed E-state index contributed by atoms with van der Waals surface area (Å²) in [7, 11) is 0. The third-order valence-electron chi connectivity index (χ3n) is 2.89. The molecule has 0 aliphatic carbocycles. The van der Waals surface area contributed by atoms with Gasteiger partial charge in [-0.15, -0.1) is 0 Å². The quantitative estimate of drug-likeness (QED) is 0.800. The van der Waals surface area contributed by atoms with Gasteiger partial charge in [-0.2, -0.15) is 0 Å². The van der Waals surface area contributed by atoms with Crippen LogP contribution >= 0.6 is 0 Å². The molecule has 0 spiro atoms. The van der Waals surface area contributed by atoms with Crippen LogP contribution in [0.15, 0.2) is 24.3 Å². The molecule has 0 aromatic heterocycles. The SMILES string of the molecule is CC(O)CC(C)CNC(C)c1ccccc1F. The largest absolute Gasteiger partial charge is 0.393 e. The lowest BCUT2D eigenvalue weighted by molar-refractivity contribution is 0.162. The second-order valence-electron chi connectivity index (χ2n) is 4.84. The highest BCUT2D eigenvalue weighted by Gasteiger charge is 2.12. The van der Waals surface area contributed by atoms with Gasteiger partial charge in [-0.05, 0) is 38.8 Å². The lowest BCUT2D eigenvalue weighted by Gasteiger charge is -2.19. The molecule has 1 aromatic rings. The van der Waals surface area contributed by atoms with Crippen molar-refractivity contribution in [2.75, 3.05) is 6.54 Å². The highest BCUT2D eigenvalue weighted by molar-refractivity contribution is 5.20. The zero-order chi connectivity index (χ0) is 12.8. The lowest BCUT2D eigenvalue weighted by Crippen LogP contribution is -2.26. The Morgan fingerprint density at radius 2 is 1.88 bits per heavy atom. The molecule has 3 unspecified atom stereocenters. The van der Waals surface area contributed by atoms with Gasteiger partial charge in [0.1, 0.15) is 5.82 Å². The van der Waals surface area contributed by atoms with Crippen LogP contribution in [0, 0.1) is 11.7 Å². The van der Waals surface area contributed by atoms with E-state index in [4.69, 9.17) is 0 Å². The highest BCUT2D eigenvalue weighted by Crippen LogP contribution is 2.16. The first-order valence-electron chi connectivity index (χ1n) is 6.16. The Labute approximate surface area is 103 Å². The van der Waals surface area contributed by atoms with Crippen LogP contribution in [-0.2, 0) is 0 Å². The van der Waals surface area contributed by atoms with Crippen molar-refractivity contribution in [2.45, 2.75) is 39.3 Å². The van der Waals surface area contributed by atoms with E-state index in [2.05, 4.69) is 12.2 Å². The summed E-state index contributed by atoms with van der Waals surface area (Å²) in [5, 5.41) is 12.6. The third kappa shape index (κ3) is 4.84. The predicted molar refractivity (Wildman–Crippen MR) is 68.3 cm³/mol. The van der Waals surface area contributed by atoms with Crippen LogP contribution in [0.4, 0.5) is 4.39 Å². The molecule has 1 rings (SSSR count). The van der Waals surface area contributed by atoms with Crippen LogP contribution in [0.1, 0.15) is 38.8 Å². The normalized spacial score (nSPS) is 16.5. The zero-order valence-corrected chi connectivity index (χ0v) is 10.8. The number of aliphatic hydroxyl groups excluding tert-OH is 1. The molecule has 3 heteroatoms. The van der Waals surface area contributed by atoms with Gasteiger partial charge in [0, 0.05) is 11.6 Å². The monoisotopic (exact) mass is 239 g/mol. The molecule has 0 aliphatic rings. The minimum Gasteiger partial charge on any atom is -0.393 e. The van der Waals surface area contributed by atoms with Crippen molar-refractivity contribution in [3.05, 3.63) is 35.6 Å². The van der Waals surface area contributed by atoms with Crippen LogP contribution in [0.2, 0.25) is 0 Å². The summed E-state index contributed by atoms with van der Waals surface area (Å²) >= 11 is 0. The van der Waals surface area contributed by atoms with E-state index in [0.717, 1.165) is 13.0 Å². The average molecular weight is 239 g/mol. The van der Waals surface area contributed by atoms with Gasteiger partial charge in [-0.3, -0.25) is 0 Å². The molecular weight excluding hydrogens is 217 g/mol. The van der Waals surface area contributed by atoms with Crippen molar-refractivity contribution in [2.24, 2.45) is 5.92 Å². The number of aliphatic hydroxyl groups is 1. The van der Waals surface area contributed by atoms with Gasteiger partial charge in [0.25, 0.3) is 0 Å². The number of benzene rings is 1. The highest BCUT2D eigenvalue weighted by atomic mass is 19.1. The maximum atomic E-state index is 13.5. The van der Waals surface area contributed by atoms with Crippen molar-refractivity contribution >= 4 is 0 Å². The van der Waals surface area contributed by atoms with Crippen molar-refractivity contribution < 1.29 is 9.50 Å². The van der Waals surface area contributed by atoms with Crippen LogP contribution in [0.25, 0.3) is 0 Å². The molecule has 1 aromatic carbocycles. The van der Waals surface area contributed by atoms with E-state index < -0.39 is 0 Å². The van der Waals surface area contributed by atoms with Gasteiger partial charge in [-0.1, -0.05) is 25.1 Å². The van der Waals surface area contributed by atoms with E-state index >= 15 is 0 Å². The maximum Gasteiger partial charge on any atom is 0.127 e. The second kappa shape index (κ2) is 6.72. The first-order chi connectivity index (χ1) is 8.00. The Balaban J connectivity index is 2.45. The molecule has 96 valence electrons. The number of halogens is 1. The van der Waals surface area contributed by atoms with Crippen molar-refractivity contribution in [1.29, 1.82) is 0 Å². The molecule has 0 bridgehead atoms. The third-order valence-corrected chi connectivity index (χ3v) is 2.89. The Bertz CT molecular complexity index is 341. The Hall–Kier alpha value is -0.930. The van der Waals surface area contributed by atoms with Gasteiger partial charge in [-0.25, -0.2) is 4.39 Å². The van der Waals surface area contributed by atoms with E-state index in [-0.39, 0.29) is 18.0 Å². The fourth-order valence-electron chi connectivity index (χ4n) is 1.98. The average Bonchev–Trinajstić information content (AvgIpc) is 2.25. The molecule has 0 fully saturated rings. The minimum absolute atomic E-state index is 0.00681. The molecule has 0 radical (unpaired) electrons. The lowest BCUT2D eigenvalue weighted by atomic mass is 10.0. The van der Waals surface area contributed by atoms with Gasteiger partial charge in [0.15, 0.2) is 0 Å². The fourth-order valence-corrected chi connectivity index (χ4v) is 1.98. The number of rotatable bonds is 6. The molecule has 0 saturated heterocycles. The predicted octanol–water partition coefficient (Wildman–Crippen LogP) is 2.88. The van der Waals surface area contributed by atoms with Crippen LogP contribution < -0.4 is 5.32 Å². The van der Waals surface area contributed by atoms with E-state index in [1.54, 1.807) is 19.1 Å². The van der Waals surface area contributed by atoms with Crippen molar-refractivity contribution in [3.63, 3.8) is 0 Å². The summed E-state index contributed by atoms with van der Waals surface area (Å²) in [4.78, 5) is 0. The van der Waals surface area contributed by atoms with Crippen molar-refractivity contribution in [1.82, 2.24) is 5.32 Å². The Morgan fingerprint density at radius 3 is 2.47 bits per heavy atom. The van der Waals surface area contributed by atoms with E-state index in [1.165, 1.54) is 6.07 Å². The second-order valence-corrected chi connectivity index (χ2v) is 4.84. The van der Waals surface area contributed by atoms with Crippen molar-refractivity contribution in [3.8, 4) is 0 Å². The van der Waals surface area contributed by atoms with E-state index in [9.17, 15) is 9.50 Å². The number of nitrogens with one attached hydrogen (secondary N) is 1. The molecular formula is C14H22FNO. The van der Waals surface area contributed by atoms with Gasteiger partial charge in [0.2, 0.25) is 0 Å². The summed E-state index contributed by atoms with van der Waals surface area (Å²) in [5.74, 6) is 0.208. The first-order valence-corrected chi connectivity index (χ1v) is 6.16. The molecule has 0 saturated carbocycles. The molecule has 2 N–H and O–H groups in total. The summed E-state index contributed by atoms with van der Waals surface area (Å²) in [6, 6.07) is 6.81. The molecule has 0 amide bonds. The summed E-state index contributed by atoms with van der Waals surface area (Å²) in [6.45, 7) is 6.60. The number of hydrogen-bond acceptors (Lipinski definition) is 2. The van der Waals surface area contributed by atoms with Crippen LogP contribution in [-0.4, -0.2) is 17.8 Å². The van der Waals surface area contributed by atoms with E-state index in [0.29, 0.717) is 11.5 Å². The summed E-state index contributed by atoms with van der Waals surface area (Å²) in [6.07, 6.45) is 0.479. The molecule has 0 aliphatic heterocycles.